The molecule has 0 aliphatic heterocycles. The Morgan fingerprint density at radius 1 is 1.43 bits per heavy atom. The van der Waals surface area contributed by atoms with Gasteiger partial charge in [-0.25, -0.2) is 4.98 Å². The third-order valence-corrected chi connectivity index (χ3v) is 2.60. The number of anilines is 1. The molecule has 0 atom stereocenters. The molecule has 72 valence electrons. The smallest absolute Gasteiger partial charge is 0.292 e. The van der Waals surface area contributed by atoms with E-state index in [9.17, 15) is 0 Å². The molecule has 0 aliphatic carbocycles. The maximum absolute atomic E-state index is 5.41. The molecule has 2 aromatic rings. The van der Waals surface area contributed by atoms with E-state index in [4.69, 9.17) is 10.2 Å². The minimum absolute atomic E-state index is 0.188. The van der Waals surface area contributed by atoms with E-state index in [0.29, 0.717) is 5.76 Å². The van der Waals surface area contributed by atoms with Crippen molar-refractivity contribution in [3.8, 4) is 11.3 Å². The molecule has 0 amide bonds. The third kappa shape index (κ3) is 1.65. The molecule has 0 unspecified atom stereocenters. The second-order valence-corrected chi connectivity index (χ2v) is 3.90. The fourth-order valence-corrected chi connectivity index (χ4v) is 1.68. The maximum Gasteiger partial charge on any atom is 0.292 e. The van der Waals surface area contributed by atoms with Gasteiger partial charge < -0.3 is 10.2 Å². The standard InChI is InChI=1S/C10H9BrN2O/c1-6-2-3-8(11)7(4-6)9-5-13-10(12)14-9/h2-5H,1H3,(H2,12,13). The van der Waals surface area contributed by atoms with Crippen molar-refractivity contribution in [2.75, 3.05) is 5.73 Å². The number of oxazole rings is 1. The van der Waals surface area contributed by atoms with Crippen LogP contribution in [0.2, 0.25) is 0 Å². The number of nitrogen functional groups attached to an aromatic ring is 1. The van der Waals surface area contributed by atoms with Crippen molar-refractivity contribution in [2.45, 2.75) is 6.92 Å². The first-order valence-electron chi connectivity index (χ1n) is 4.14. The molecule has 0 saturated heterocycles. The molecule has 0 saturated carbocycles. The van der Waals surface area contributed by atoms with Crippen molar-refractivity contribution in [3.63, 3.8) is 0 Å². The summed E-state index contributed by atoms with van der Waals surface area (Å²) in [5, 5.41) is 0. The molecule has 0 radical (unpaired) electrons. The number of nitrogens with two attached hydrogens (primary N) is 1. The van der Waals surface area contributed by atoms with Crippen LogP contribution in [0.1, 0.15) is 5.56 Å². The Hall–Kier alpha value is -1.29. The third-order valence-electron chi connectivity index (χ3n) is 1.91. The number of benzene rings is 1. The number of aromatic nitrogens is 1. The van der Waals surface area contributed by atoms with E-state index < -0.39 is 0 Å². The SMILES string of the molecule is Cc1ccc(Br)c(-c2cnc(N)o2)c1. The predicted octanol–water partition coefficient (Wildman–Crippen LogP) is 2.99. The molecule has 14 heavy (non-hydrogen) atoms. The molecule has 1 aromatic heterocycles. The zero-order chi connectivity index (χ0) is 10.1. The van der Waals surface area contributed by atoms with Gasteiger partial charge in [0.15, 0.2) is 5.76 Å². The van der Waals surface area contributed by atoms with Crippen LogP contribution in [-0.4, -0.2) is 4.98 Å². The molecule has 3 nitrogen and oxygen atoms in total. The molecular formula is C10H9BrN2O. The van der Waals surface area contributed by atoms with Gasteiger partial charge in [-0.05, 0) is 19.1 Å². The molecule has 2 N–H and O–H groups in total. The fraction of sp³-hybridized carbons (Fsp3) is 0.100. The lowest BCUT2D eigenvalue weighted by Gasteiger charge is -2.01. The van der Waals surface area contributed by atoms with Gasteiger partial charge in [0.2, 0.25) is 0 Å². The van der Waals surface area contributed by atoms with Crippen molar-refractivity contribution in [3.05, 3.63) is 34.4 Å². The number of nitrogens with zero attached hydrogens (tertiary/aromatic N) is 1. The quantitative estimate of drug-likeness (QED) is 0.849. The van der Waals surface area contributed by atoms with E-state index in [1.165, 1.54) is 0 Å². The minimum atomic E-state index is 0.188. The van der Waals surface area contributed by atoms with Crippen LogP contribution < -0.4 is 5.73 Å². The summed E-state index contributed by atoms with van der Waals surface area (Å²) in [6.45, 7) is 2.02. The molecule has 0 fully saturated rings. The lowest BCUT2D eigenvalue weighted by atomic mass is 10.1. The summed E-state index contributed by atoms with van der Waals surface area (Å²) in [7, 11) is 0. The molecule has 1 aromatic carbocycles. The van der Waals surface area contributed by atoms with E-state index in [-0.39, 0.29) is 6.01 Å². The minimum Gasteiger partial charge on any atom is -0.424 e. The van der Waals surface area contributed by atoms with Crippen LogP contribution in [0.15, 0.2) is 33.3 Å². The van der Waals surface area contributed by atoms with Crippen molar-refractivity contribution in [1.82, 2.24) is 4.98 Å². The molecule has 1 heterocycles. The van der Waals surface area contributed by atoms with Gasteiger partial charge in [-0.2, -0.15) is 0 Å². The van der Waals surface area contributed by atoms with E-state index in [1.807, 2.05) is 25.1 Å². The summed E-state index contributed by atoms with van der Waals surface area (Å²) in [6.07, 6.45) is 1.62. The summed E-state index contributed by atoms with van der Waals surface area (Å²) in [4.78, 5) is 3.85. The lowest BCUT2D eigenvalue weighted by molar-refractivity contribution is 0.594. The normalized spacial score (nSPS) is 10.4. The Morgan fingerprint density at radius 2 is 2.21 bits per heavy atom. The maximum atomic E-state index is 5.41. The van der Waals surface area contributed by atoms with Crippen LogP contribution in [0.3, 0.4) is 0 Å². The van der Waals surface area contributed by atoms with Crippen molar-refractivity contribution in [2.24, 2.45) is 0 Å². The highest BCUT2D eigenvalue weighted by atomic mass is 79.9. The summed E-state index contributed by atoms with van der Waals surface area (Å²) in [6, 6.07) is 6.20. The van der Waals surface area contributed by atoms with E-state index in [0.717, 1.165) is 15.6 Å². The summed E-state index contributed by atoms with van der Waals surface area (Å²) >= 11 is 3.45. The van der Waals surface area contributed by atoms with Crippen molar-refractivity contribution >= 4 is 21.9 Å². The topological polar surface area (TPSA) is 52.0 Å². The number of hydrogen-bond donors (Lipinski definition) is 1. The predicted molar refractivity (Wildman–Crippen MR) is 58.8 cm³/mol. The molecule has 4 heteroatoms. The zero-order valence-corrected chi connectivity index (χ0v) is 9.21. The van der Waals surface area contributed by atoms with Gasteiger partial charge in [-0.1, -0.05) is 27.6 Å². The Balaban J connectivity index is 2.55. The van der Waals surface area contributed by atoms with Gasteiger partial charge >= 0.3 is 0 Å². The van der Waals surface area contributed by atoms with Gasteiger partial charge in [0.1, 0.15) is 0 Å². The molecule has 2 rings (SSSR count). The second-order valence-electron chi connectivity index (χ2n) is 3.05. The van der Waals surface area contributed by atoms with Crippen LogP contribution in [0.4, 0.5) is 6.01 Å². The highest BCUT2D eigenvalue weighted by Crippen LogP contribution is 2.29. The van der Waals surface area contributed by atoms with E-state index in [2.05, 4.69) is 20.9 Å². The van der Waals surface area contributed by atoms with Gasteiger partial charge in [-0.15, -0.1) is 0 Å². The summed E-state index contributed by atoms with van der Waals surface area (Å²) in [5.74, 6) is 0.679. The lowest BCUT2D eigenvalue weighted by Crippen LogP contribution is -1.81. The molecule has 0 bridgehead atoms. The fourth-order valence-electron chi connectivity index (χ4n) is 1.24. The number of halogens is 1. The van der Waals surface area contributed by atoms with Crippen LogP contribution in [0, 0.1) is 6.92 Å². The van der Waals surface area contributed by atoms with Crippen molar-refractivity contribution < 1.29 is 4.42 Å². The van der Waals surface area contributed by atoms with Gasteiger partial charge in [0.05, 0.1) is 6.20 Å². The largest absolute Gasteiger partial charge is 0.424 e. The van der Waals surface area contributed by atoms with Gasteiger partial charge in [0, 0.05) is 10.0 Å². The Morgan fingerprint density at radius 3 is 2.86 bits per heavy atom. The monoisotopic (exact) mass is 252 g/mol. The molecule has 0 spiro atoms. The van der Waals surface area contributed by atoms with Gasteiger partial charge in [-0.3, -0.25) is 0 Å². The Labute approximate surface area is 90.1 Å². The zero-order valence-electron chi connectivity index (χ0n) is 7.62. The molecule has 0 aliphatic rings. The Kier molecular flexibility index (Phi) is 2.29. The Bertz CT molecular complexity index is 465. The summed E-state index contributed by atoms with van der Waals surface area (Å²) < 4.78 is 6.21. The summed E-state index contributed by atoms with van der Waals surface area (Å²) in [5.41, 5.74) is 7.54. The number of hydrogen-bond acceptors (Lipinski definition) is 3. The highest BCUT2D eigenvalue weighted by Gasteiger charge is 2.07. The van der Waals surface area contributed by atoms with Crippen molar-refractivity contribution in [1.29, 1.82) is 0 Å². The van der Waals surface area contributed by atoms with Crippen LogP contribution in [0.5, 0.6) is 0 Å². The second kappa shape index (κ2) is 3.46. The average molecular weight is 253 g/mol. The number of rotatable bonds is 1. The van der Waals surface area contributed by atoms with E-state index >= 15 is 0 Å². The van der Waals surface area contributed by atoms with Crippen LogP contribution in [-0.2, 0) is 0 Å². The van der Waals surface area contributed by atoms with E-state index in [1.54, 1.807) is 6.20 Å². The first-order valence-corrected chi connectivity index (χ1v) is 4.94. The van der Waals surface area contributed by atoms with Gasteiger partial charge in [0.25, 0.3) is 6.01 Å². The van der Waals surface area contributed by atoms with Crippen LogP contribution >= 0.6 is 15.9 Å². The first kappa shape index (κ1) is 9.27. The highest BCUT2D eigenvalue weighted by molar-refractivity contribution is 9.10. The van der Waals surface area contributed by atoms with Crippen LogP contribution in [0.25, 0.3) is 11.3 Å². The number of aryl methyl sites for hydroxylation is 1. The molecular weight excluding hydrogens is 244 g/mol. The average Bonchev–Trinajstić information content (AvgIpc) is 2.56. The first-order chi connectivity index (χ1) is 6.66.